The number of hydrogen-bond donors (Lipinski definition) is 1. The number of morpholine rings is 1. The normalized spacial score (nSPS) is 16.8. The molecule has 6 rings (SSSR count). The van der Waals surface area contributed by atoms with E-state index in [2.05, 4.69) is 66.3 Å². The van der Waals surface area contributed by atoms with Gasteiger partial charge in [-0.2, -0.15) is 0 Å². The van der Waals surface area contributed by atoms with Crippen LogP contribution in [0.4, 0.5) is 17.1 Å². The predicted molar refractivity (Wildman–Crippen MR) is 148 cm³/mol. The number of likely N-dealkylation sites (N-methyl/N-ethyl adjacent to an activating group) is 1. The molecule has 4 aromatic rings. The highest BCUT2D eigenvalue weighted by Gasteiger charge is 2.20. The maximum absolute atomic E-state index is 13.2. The van der Waals surface area contributed by atoms with E-state index < -0.39 is 0 Å². The zero-order chi connectivity index (χ0) is 25.2. The van der Waals surface area contributed by atoms with Gasteiger partial charge in [0.05, 0.1) is 35.7 Å². The number of fused-ring (bicyclic) bond motifs is 1. The Bertz CT molecular complexity index is 1410. The number of anilines is 3. The van der Waals surface area contributed by atoms with Crippen molar-refractivity contribution in [2.75, 3.05) is 74.6 Å². The van der Waals surface area contributed by atoms with Gasteiger partial charge in [0.15, 0.2) is 5.82 Å². The average molecular weight is 516 g/mol. The third-order valence-corrected chi connectivity index (χ3v) is 7.99. The van der Waals surface area contributed by atoms with Gasteiger partial charge in [-0.1, -0.05) is 0 Å². The molecule has 9 nitrogen and oxygen atoms in total. The van der Waals surface area contributed by atoms with Gasteiger partial charge in [-0.15, -0.1) is 11.3 Å². The first-order valence-electron chi connectivity index (χ1n) is 12.5. The fraction of sp³-hybridized carbons (Fsp3) is 0.333. The zero-order valence-electron chi connectivity index (χ0n) is 20.8. The Hall–Kier alpha value is -3.60. The van der Waals surface area contributed by atoms with Crippen molar-refractivity contribution in [1.29, 1.82) is 0 Å². The zero-order valence-corrected chi connectivity index (χ0v) is 21.6. The molecule has 1 N–H and O–H groups in total. The van der Waals surface area contributed by atoms with Gasteiger partial charge in [-0.3, -0.25) is 9.78 Å². The largest absolute Gasteiger partial charge is 0.378 e. The number of benzene rings is 1. The van der Waals surface area contributed by atoms with Crippen LogP contribution in [0.3, 0.4) is 0 Å². The van der Waals surface area contributed by atoms with Crippen LogP contribution >= 0.6 is 11.3 Å². The van der Waals surface area contributed by atoms with Gasteiger partial charge in [0.2, 0.25) is 0 Å². The van der Waals surface area contributed by atoms with Crippen LogP contribution in [0.1, 0.15) is 10.5 Å². The van der Waals surface area contributed by atoms with Crippen molar-refractivity contribution < 1.29 is 9.53 Å². The first-order chi connectivity index (χ1) is 18.1. The maximum Gasteiger partial charge on any atom is 0.274 e. The summed E-state index contributed by atoms with van der Waals surface area (Å²) in [6, 6.07) is 12.2. The fourth-order valence-electron chi connectivity index (χ4n) is 4.76. The van der Waals surface area contributed by atoms with Gasteiger partial charge in [-0.05, 0) is 48.8 Å². The molecule has 0 aliphatic carbocycles. The molecular weight excluding hydrogens is 486 g/mol. The van der Waals surface area contributed by atoms with Crippen LogP contribution in [0.15, 0.2) is 55.0 Å². The highest BCUT2D eigenvalue weighted by atomic mass is 32.1. The Morgan fingerprint density at radius 3 is 2.65 bits per heavy atom. The molecule has 37 heavy (non-hydrogen) atoms. The van der Waals surface area contributed by atoms with Crippen LogP contribution in [0.5, 0.6) is 0 Å². The Labute approximate surface area is 219 Å². The minimum Gasteiger partial charge on any atom is -0.378 e. The Balaban J connectivity index is 1.22. The van der Waals surface area contributed by atoms with Gasteiger partial charge in [0, 0.05) is 62.0 Å². The van der Waals surface area contributed by atoms with Crippen molar-refractivity contribution in [2.24, 2.45) is 0 Å². The Kier molecular flexibility index (Phi) is 6.69. The molecule has 2 saturated heterocycles. The van der Waals surface area contributed by atoms with Crippen LogP contribution in [-0.4, -0.2) is 85.3 Å². The van der Waals surface area contributed by atoms with E-state index in [9.17, 15) is 4.79 Å². The van der Waals surface area contributed by atoms with E-state index in [1.807, 2.05) is 6.07 Å². The van der Waals surface area contributed by atoms with E-state index in [1.54, 1.807) is 36.0 Å². The standard InChI is InChI=1S/C27H29N7O2S/c1-32-8-10-34(11-9-32)23-5-6-28-18-22(23)31-27(35)21-4-7-29-26(30-21)25-17-19-16-20(2-3-24(19)37-25)33-12-14-36-15-13-33/h2-7,16-18H,8-15H2,1H3,(H,31,35). The number of nitrogens with one attached hydrogen (secondary N) is 1. The number of thiophene rings is 1. The number of aromatic nitrogens is 3. The van der Waals surface area contributed by atoms with Crippen molar-refractivity contribution >= 4 is 44.4 Å². The topological polar surface area (TPSA) is 86.7 Å². The van der Waals surface area contributed by atoms with Crippen molar-refractivity contribution in [1.82, 2.24) is 19.9 Å². The lowest BCUT2D eigenvalue weighted by Crippen LogP contribution is -2.44. The predicted octanol–water partition coefficient (Wildman–Crippen LogP) is 3.59. The minimum atomic E-state index is -0.275. The second-order valence-electron chi connectivity index (χ2n) is 9.33. The van der Waals surface area contributed by atoms with Crippen LogP contribution in [-0.2, 0) is 4.74 Å². The molecule has 5 heterocycles. The third kappa shape index (κ3) is 5.13. The molecule has 0 saturated carbocycles. The number of carbonyl (C=O) groups excluding carboxylic acids is 1. The number of amides is 1. The molecule has 190 valence electrons. The van der Waals surface area contributed by atoms with Crippen molar-refractivity contribution in [3.63, 3.8) is 0 Å². The number of pyridine rings is 1. The van der Waals surface area contributed by atoms with E-state index in [-0.39, 0.29) is 5.91 Å². The Morgan fingerprint density at radius 1 is 0.973 bits per heavy atom. The number of piperazine rings is 1. The number of rotatable bonds is 5. The van der Waals surface area contributed by atoms with Gasteiger partial charge in [-0.25, -0.2) is 9.97 Å². The average Bonchev–Trinajstić information content (AvgIpc) is 3.38. The van der Waals surface area contributed by atoms with E-state index >= 15 is 0 Å². The molecule has 0 unspecified atom stereocenters. The van der Waals surface area contributed by atoms with E-state index in [0.717, 1.165) is 73.1 Å². The number of nitrogens with zero attached hydrogens (tertiary/aromatic N) is 6. The van der Waals surface area contributed by atoms with Crippen LogP contribution in [0.2, 0.25) is 0 Å². The molecule has 0 bridgehead atoms. The fourth-order valence-corrected chi connectivity index (χ4v) is 5.74. The number of ether oxygens (including phenoxy) is 1. The summed E-state index contributed by atoms with van der Waals surface area (Å²) in [5, 5.41) is 4.17. The van der Waals surface area contributed by atoms with Gasteiger partial charge in [0.25, 0.3) is 5.91 Å². The summed E-state index contributed by atoms with van der Waals surface area (Å²) in [7, 11) is 2.12. The first kappa shape index (κ1) is 23.8. The third-order valence-electron chi connectivity index (χ3n) is 6.87. The Morgan fingerprint density at radius 2 is 1.81 bits per heavy atom. The van der Waals surface area contributed by atoms with Crippen molar-refractivity contribution in [3.05, 3.63) is 60.7 Å². The van der Waals surface area contributed by atoms with E-state index in [1.165, 1.54) is 5.69 Å². The molecular formula is C27H29N7O2S. The molecule has 0 spiro atoms. The molecule has 1 aromatic carbocycles. The van der Waals surface area contributed by atoms with Crippen LogP contribution in [0.25, 0.3) is 20.8 Å². The maximum atomic E-state index is 13.2. The minimum absolute atomic E-state index is 0.275. The van der Waals surface area contributed by atoms with Gasteiger partial charge >= 0.3 is 0 Å². The molecule has 2 fully saturated rings. The summed E-state index contributed by atoms with van der Waals surface area (Å²) >= 11 is 1.63. The quantitative estimate of drug-likeness (QED) is 0.432. The highest BCUT2D eigenvalue weighted by Crippen LogP contribution is 2.34. The number of carbonyl (C=O) groups is 1. The lowest BCUT2D eigenvalue weighted by Gasteiger charge is -2.34. The van der Waals surface area contributed by atoms with Crippen LogP contribution < -0.4 is 15.1 Å². The lowest BCUT2D eigenvalue weighted by atomic mass is 10.2. The SMILES string of the molecule is CN1CCN(c2ccncc2NC(=O)c2ccnc(-c3cc4cc(N5CCOCC5)ccc4s3)n2)CC1. The second-order valence-corrected chi connectivity index (χ2v) is 10.4. The summed E-state index contributed by atoms with van der Waals surface area (Å²) in [6.07, 6.45) is 5.11. The van der Waals surface area contributed by atoms with E-state index in [4.69, 9.17) is 4.74 Å². The van der Waals surface area contributed by atoms with Crippen molar-refractivity contribution in [2.45, 2.75) is 0 Å². The van der Waals surface area contributed by atoms with Gasteiger partial charge in [0.1, 0.15) is 5.69 Å². The van der Waals surface area contributed by atoms with Crippen LogP contribution in [0, 0.1) is 0 Å². The second kappa shape index (κ2) is 10.4. The highest BCUT2D eigenvalue weighted by molar-refractivity contribution is 7.22. The first-order valence-corrected chi connectivity index (χ1v) is 13.3. The van der Waals surface area contributed by atoms with Crippen molar-refractivity contribution in [3.8, 4) is 10.7 Å². The summed E-state index contributed by atoms with van der Waals surface area (Å²) in [5.41, 5.74) is 3.19. The molecule has 3 aromatic heterocycles. The molecule has 2 aliphatic heterocycles. The summed E-state index contributed by atoms with van der Waals surface area (Å²) in [6.45, 7) is 7.08. The summed E-state index contributed by atoms with van der Waals surface area (Å²) < 4.78 is 6.65. The monoisotopic (exact) mass is 515 g/mol. The molecule has 1 amide bonds. The molecule has 10 heteroatoms. The summed E-state index contributed by atoms with van der Waals surface area (Å²) in [5.74, 6) is 0.273. The molecule has 2 aliphatic rings. The molecule has 0 radical (unpaired) electrons. The van der Waals surface area contributed by atoms with Gasteiger partial charge < -0.3 is 24.8 Å². The molecule has 0 atom stereocenters. The van der Waals surface area contributed by atoms with E-state index in [0.29, 0.717) is 17.2 Å². The number of hydrogen-bond acceptors (Lipinski definition) is 9. The lowest BCUT2D eigenvalue weighted by molar-refractivity contribution is 0.102. The smallest absolute Gasteiger partial charge is 0.274 e. The summed E-state index contributed by atoms with van der Waals surface area (Å²) in [4.78, 5) is 34.4.